The van der Waals surface area contributed by atoms with Gasteiger partial charge in [0.15, 0.2) is 0 Å². The number of primary amides is 2. The van der Waals surface area contributed by atoms with E-state index in [1.807, 2.05) is 0 Å². The lowest BCUT2D eigenvalue weighted by Crippen LogP contribution is -2.25. The van der Waals surface area contributed by atoms with Crippen LogP contribution in [0.2, 0.25) is 0 Å². The molecule has 0 heterocycles. The predicted molar refractivity (Wildman–Crippen MR) is 160 cm³/mol. The highest BCUT2D eigenvalue weighted by Gasteiger charge is 2.19. The van der Waals surface area contributed by atoms with Gasteiger partial charge in [0.05, 0.1) is 10.5 Å². The van der Waals surface area contributed by atoms with Crippen molar-refractivity contribution in [1.82, 2.24) is 0 Å². The topological polar surface area (TPSA) is 86.2 Å². The van der Waals surface area contributed by atoms with Gasteiger partial charge in [-0.1, -0.05) is 151 Å². The second-order valence-electron chi connectivity index (χ2n) is 9.34. The molecule has 0 aromatic carbocycles. The Morgan fingerprint density at radius 3 is 1.03 bits per heavy atom. The Bertz CT molecular complexity index is 442. The van der Waals surface area contributed by atoms with E-state index in [0.717, 1.165) is 25.7 Å². The summed E-state index contributed by atoms with van der Waals surface area (Å²) in [4.78, 5) is 23.6. The summed E-state index contributed by atoms with van der Waals surface area (Å²) >= 11 is 0. The minimum absolute atomic E-state index is 0.160. The summed E-state index contributed by atoms with van der Waals surface area (Å²) in [5.41, 5.74) is 11.2. The van der Waals surface area contributed by atoms with Crippen LogP contribution in [0.15, 0.2) is 0 Å². The first-order chi connectivity index (χ1) is 16.5. The fourth-order valence-electron chi connectivity index (χ4n) is 3.88. The number of carbonyl (C=O) groups excluding carboxylic acids is 2. The van der Waals surface area contributed by atoms with Gasteiger partial charge in [-0.3, -0.25) is 9.59 Å². The third-order valence-electron chi connectivity index (χ3n) is 6.11. The molecule has 0 radical (unpaired) electrons. The maximum atomic E-state index is 11.8. The highest BCUT2D eigenvalue weighted by atomic mass is 33.7. The molecule has 0 spiro atoms. The number of nitrogens with two attached hydrogens (primary N) is 2. The second-order valence-corrected chi connectivity index (χ2v) is 15.6. The number of hydrogen-bond acceptors (Lipinski definition) is 6. The van der Waals surface area contributed by atoms with Gasteiger partial charge in [-0.05, 0) is 32.5 Å². The molecule has 4 nitrogen and oxygen atoms in total. The monoisotopic (exact) mass is 552 g/mol. The zero-order valence-electron chi connectivity index (χ0n) is 21.9. The molecule has 0 saturated heterocycles. The molecule has 2 unspecified atom stereocenters. The molecule has 2 atom stereocenters. The SMILES string of the molecule is CCCCCCCCCCCC(SSSSC(CCCCCCCCCCC)C(N)=O)C(N)=O. The first kappa shape index (κ1) is 34.3. The maximum Gasteiger partial charge on any atom is 0.231 e. The molecule has 0 rings (SSSR count). The van der Waals surface area contributed by atoms with Crippen LogP contribution in [0.3, 0.4) is 0 Å². The van der Waals surface area contributed by atoms with E-state index in [2.05, 4.69) is 13.8 Å². The van der Waals surface area contributed by atoms with Crippen molar-refractivity contribution in [3.63, 3.8) is 0 Å². The van der Waals surface area contributed by atoms with Gasteiger partial charge in [0.25, 0.3) is 0 Å². The number of carbonyl (C=O) groups is 2. The van der Waals surface area contributed by atoms with Gasteiger partial charge in [-0.15, -0.1) is 0 Å². The average molecular weight is 553 g/mol. The van der Waals surface area contributed by atoms with Crippen LogP contribution >= 0.6 is 41.2 Å². The van der Waals surface area contributed by atoms with E-state index < -0.39 is 0 Å². The van der Waals surface area contributed by atoms with Gasteiger partial charge in [-0.2, -0.15) is 0 Å². The van der Waals surface area contributed by atoms with Crippen LogP contribution in [0.1, 0.15) is 142 Å². The van der Waals surface area contributed by atoms with Crippen LogP contribution in [0.5, 0.6) is 0 Å². The van der Waals surface area contributed by atoms with Crippen LogP contribution in [0, 0.1) is 0 Å². The summed E-state index contributed by atoms with van der Waals surface area (Å²) in [6.45, 7) is 4.49. The van der Waals surface area contributed by atoms with Gasteiger partial charge < -0.3 is 11.5 Å². The molecule has 4 N–H and O–H groups in total. The van der Waals surface area contributed by atoms with Crippen LogP contribution in [-0.2, 0) is 9.59 Å². The van der Waals surface area contributed by atoms with Crippen LogP contribution in [-0.4, -0.2) is 22.3 Å². The molecule has 0 aromatic heterocycles. The molecule has 0 aliphatic carbocycles. The summed E-state index contributed by atoms with van der Waals surface area (Å²) in [5.74, 6) is -0.465. The minimum atomic E-state index is -0.233. The normalized spacial score (nSPS) is 13.1. The summed E-state index contributed by atoms with van der Waals surface area (Å²) in [7, 11) is 6.19. The molecule has 8 heteroatoms. The van der Waals surface area contributed by atoms with Crippen molar-refractivity contribution < 1.29 is 9.59 Å². The number of unbranched alkanes of at least 4 members (excludes halogenated alkanes) is 16. The van der Waals surface area contributed by atoms with Gasteiger partial charge in [0, 0.05) is 0 Å². The van der Waals surface area contributed by atoms with Crippen molar-refractivity contribution in [3.05, 3.63) is 0 Å². The Labute approximate surface area is 226 Å². The fourth-order valence-corrected chi connectivity index (χ4v) is 10.8. The van der Waals surface area contributed by atoms with Crippen LogP contribution in [0.25, 0.3) is 0 Å². The lowest BCUT2D eigenvalue weighted by Gasteiger charge is -2.14. The van der Waals surface area contributed by atoms with Gasteiger partial charge in [0.2, 0.25) is 11.8 Å². The minimum Gasteiger partial charge on any atom is -0.369 e. The molecular formula is C26H52N2O2S4. The zero-order chi connectivity index (χ0) is 25.3. The van der Waals surface area contributed by atoms with Gasteiger partial charge in [-0.25, -0.2) is 0 Å². The van der Waals surface area contributed by atoms with E-state index in [4.69, 9.17) is 11.5 Å². The van der Waals surface area contributed by atoms with E-state index >= 15 is 0 Å². The van der Waals surface area contributed by atoms with E-state index in [1.54, 1.807) is 19.7 Å². The van der Waals surface area contributed by atoms with Crippen molar-refractivity contribution in [1.29, 1.82) is 0 Å². The Morgan fingerprint density at radius 1 is 0.500 bits per heavy atom. The zero-order valence-corrected chi connectivity index (χ0v) is 25.2. The van der Waals surface area contributed by atoms with E-state index in [0.29, 0.717) is 0 Å². The molecule has 0 aliphatic rings. The third-order valence-corrected chi connectivity index (χ3v) is 13.2. The molecular weight excluding hydrogens is 501 g/mol. The highest BCUT2D eigenvalue weighted by Crippen LogP contribution is 2.48. The Hall–Kier alpha value is 0.340. The largest absolute Gasteiger partial charge is 0.369 e. The highest BCUT2D eigenvalue weighted by molar-refractivity contribution is 9.26. The second kappa shape index (κ2) is 26.4. The Kier molecular flexibility index (Phi) is 26.7. The van der Waals surface area contributed by atoms with Gasteiger partial charge >= 0.3 is 0 Å². The van der Waals surface area contributed by atoms with Crippen molar-refractivity contribution in [3.8, 4) is 0 Å². The molecule has 0 aliphatic heterocycles. The van der Waals surface area contributed by atoms with Crippen LogP contribution in [0.4, 0.5) is 0 Å². The average Bonchev–Trinajstić information content (AvgIpc) is 2.81. The maximum absolute atomic E-state index is 11.8. The summed E-state index contributed by atoms with van der Waals surface area (Å²) in [6.07, 6.45) is 24.6. The standard InChI is InChI=1S/C26H52N2O2S4/c1-3-5-7-9-11-13-15-17-19-21-23(25(27)29)31-33-34-32-24(26(28)30)22-20-18-16-14-12-10-8-6-4-2/h23-24H,3-22H2,1-2H3,(H2,27,29)(H2,28,30). The number of amides is 2. The summed E-state index contributed by atoms with van der Waals surface area (Å²) < 4.78 is 0. The number of hydrogen-bond donors (Lipinski definition) is 2. The molecule has 0 bridgehead atoms. The molecule has 0 fully saturated rings. The summed E-state index contributed by atoms with van der Waals surface area (Å²) in [5, 5.41) is -0.320. The van der Waals surface area contributed by atoms with E-state index in [9.17, 15) is 9.59 Å². The smallest absolute Gasteiger partial charge is 0.231 e. The van der Waals surface area contributed by atoms with Gasteiger partial charge in [0.1, 0.15) is 0 Å². The Balaban J connectivity index is 3.84. The molecule has 34 heavy (non-hydrogen) atoms. The van der Waals surface area contributed by atoms with Crippen LogP contribution < -0.4 is 11.5 Å². The third kappa shape index (κ3) is 22.8. The Morgan fingerprint density at radius 2 is 0.765 bits per heavy atom. The lowest BCUT2D eigenvalue weighted by molar-refractivity contribution is -0.118. The van der Waals surface area contributed by atoms with Crippen molar-refractivity contribution in [2.75, 3.05) is 0 Å². The molecule has 202 valence electrons. The molecule has 0 aromatic rings. The first-order valence-electron chi connectivity index (χ1n) is 13.8. The lowest BCUT2D eigenvalue weighted by atomic mass is 10.1. The quantitative estimate of drug-likeness (QED) is 0.0780. The molecule has 2 amide bonds. The van der Waals surface area contributed by atoms with E-state index in [1.165, 1.54) is 124 Å². The van der Waals surface area contributed by atoms with E-state index in [-0.39, 0.29) is 22.3 Å². The predicted octanol–water partition coefficient (Wildman–Crippen LogP) is 9.21. The van der Waals surface area contributed by atoms with Crippen molar-refractivity contribution >= 4 is 53.1 Å². The summed E-state index contributed by atoms with van der Waals surface area (Å²) in [6, 6.07) is 0. The number of rotatable bonds is 27. The molecule has 0 saturated carbocycles. The first-order valence-corrected chi connectivity index (χ1v) is 18.7. The van der Waals surface area contributed by atoms with Crippen molar-refractivity contribution in [2.45, 2.75) is 153 Å². The van der Waals surface area contributed by atoms with Crippen molar-refractivity contribution in [2.24, 2.45) is 11.5 Å². The fraction of sp³-hybridized carbons (Fsp3) is 0.923.